The van der Waals surface area contributed by atoms with Gasteiger partial charge in [-0.15, -0.1) is 0 Å². The highest BCUT2D eigenvalue weighted by atomic mass is 14.5. The number of hydrogen-bond acceptors (Lipinski definition) is 1. The van der Waals surface area contributed by atoms with E-state index >= 15 is 0 Å². The molecule has 4 unspecified atom stereocenters. The van der Waals surface area contributed by atoms with E-state index in [9.17, 15) is 0 Å². The second-order valence-electron chi connectivity index (χ2n) is 5.21. The van der Waals surface area contributed by atoms with Gasteiger partial charge in [-0.05, 0) is 43.1 Å². The van der Waals surface area contributed by atoms with Gasteiger partial charge in [-0.2, -0.15) is 0 Å². The zero-order chi connectivity index (χ0) is 9.84. The summed E-state index contributed by atoms with van der Waals surface area (Å²) in [6, 6.07) is 0. The van der Waals surface area contributed by atoms with Gasteiger partial charge >= 0.3 is 0 Å². The summed E-state index contributed by atoms with van der Waals surface area (Å²) in [5.74, 6) is 3.57. The quantitative estimate of drug-likeness (QED) is 0.715. The summed E-state index contributed by atoms with van der Waals surface area (Å²) in [4.78, 5) is 0. The van der Waals surface area contributed by atoms with Crippen molar-refractivity contribution in [1.82, 2.24) is 0 Å². The summed E-state index contributed by atoms with van der Waals surface area (Å²) in [6.07, 6.45) is 5.66. The molecular formula is C12H25N. The molecule has 0 bridgehead atoms. The van der Waals surface area contributed by atoms with Crippen molar-refractivity contribution in [2.45, 2.75) is 46.5 Å². The molecule has 4 atom stereocenters. The molecule has 0 spiro atoms. The van der Waals surface area contributed by atoms with Gasteiger partial charge in [0.15, 0.2) is 0 Å². The van der Waals surface area contributed by atoms with E-state index in [1.165, 1.54) is 25.7 Å². The van der Waals surface area contributed by atoms with Gasteiger partial charge in [-0.25, -0.2) is 0 Å². The molecule has 2 N–H and O–H groups in total. The molecule has 0 saturated heterocycles. The third-order valence-corrected chi connectivity index (χ3v) is 3.84. The van der Waals surface area contributed by atoms with Gasteiger partial charge < -0.3 is 5.73 Å². The fraction of sp³-hybridized carbons (Fsp3) is 1.00. The highest BCUT2D eigenvalue weighted by Gasteiger charge is 2.25. The van der Waals surface area contributed by atoms with Gasteiger partial charge in [0.05, 0.1) is 0 Å². The maximum absolute atomic E-state index is 5.65. The minimum Gasteiger partial charge on any atom is -0.330 e. The fourth-order valence-electron chi connectivity index (χ4n) is 2.54. The molecule has 78 valence electrons. The average molecular weight is 183 g/mol. The van der Waals surface area contributed by atoms with Crippen LogP contribution in [0.15, 0.2) is 0 Å². The first-order valence-electron chi connectivity index (χ1n) is 5.83. The molecule has 1 aliphatic rings. The predicted octanol–water partition coefficient (Wildman–Crippen LogP) is 3.04. The second-order valence-corrected chi connectivity index (χ2v) is 5.21. The maximum Gasteiger partial charge on any atom is -0.00514 e. The van der Waals surface area contributed by atoms with E-state index in [0.29, 0.717) is 0 Å². The Morgan fingerprint density at radius 2 is 1.92 bits per heavy atom. The number of nitrogens with two attached hydrogens (primary N) is 1. The smallest absolute Gasteiger partial charge is 0.00514 e. The lowest BCUT2D eigenvalue weighted by Gasteiger charge is -2.33. The predicted molar refractivity (Wildman–Crippen MR) is 58.5 cm³/mol. The summed E-state index contributed by atoms with van der Waals surface area (Å²) in [6.45, 7) is 7.94. The zero-order valence-electron chi connectivity index (χ0n) is 9.42. The molecule has 0 aromatic heterocycles. The lowest BCUT2D eigenvalue weighted by Crippen LogP contribution is -2.24. The second kappa shape index (κ2) is 4.99. The van der Waals surface area contributed by atoms with Crippen LogP contribution in [0.25, 0.3) is 0 Å². The van der Waals surface area contributed by atoms with E-state index < -0.39 is 0 Å². The summed E-state index contributed by atoms with van der Waals surface area (Å²) in [7, 11) is 0. The first-order valence-corrected chi connectivity index (χ1v) is 5.83. The molecule has 0 aromatic rings. The van der Waals surface area contributed by atoms with Crippen molar-refractivity contribution in [2.24, 2.45) is 29.4 Å². The molecular weight excluding hydrogens is 158 g/mol. The van der Waals surface area contributed by atoms with E-state index in [1.807, 2.05) is 0 Å². The Kier molecular flexibility index (Phi) is 4.24. The topological polar surface area (TPSA) is 26.0 Å². The van der Waals surface area contributed by atoms with Crippen LogP contribution in [0.4, 0.5) is 0 Å². The molecule has 1 aliphatic carbocycles. The van der Waals surface area contributed by atoms with Crippen LogP contribution in [0.3, 0.4) is 0 Å². The summed E-state index contributed by atoms with van der Waals surface area (Å²) in [5, 5.41) is 0. The summed E-state index contributed by atoms with van der Waals surface area (Å²) in [5.41, 5.74) is 5.65. The molecule has 0 aromatic carbocycles. The minimum atomic E-state index is 0.727. The monoisotopic (exact) mass is 183 g/mol. The number of hydrogen-bond donors (Lipinski definition) is 1. The van der Waals surface area contributed by atoms with Crippen molar-refractivity contribution in [2.75, 3.05) is 6.54 Å². The lowest BCUT2D eigenvalue weighted by molar-refractivity contribution is 0.186. The largest absolute Gasteiger partial charge is 0.330 e. The van der Waals surface area contributed by atoms with Crippen LogP contribution in [-0.2, 0) is 0 Å². The van der Waals surface area contributed by atoms with Crippen LogP contribution >= 0.6 is 0 Å². The van der Waals surface area contributed by atoms with Crippen LogP contribution in [0.2, 0.25) is 0 Å². The summed E-state index contributed by atoms with van der Waals surface area (Å²) < 4.78 is 0. The number of rotatable bonds is 3. The molecule has 1 fully saturated rings. The molecule has 1 nitrogen and oxygen atoms in total. The van der Waals surface area contributed by atoms with E-state index in [0.717, 1.165) is 30.2 Å². The molecule has 1 rings (SSSR count). The Labute approximate surface area is 83.1 Å². The normalized spacial score (nSPS) is 37.4. The summed E-state index contributed by atoms with van der Waals surface area (Å²) >= 11 is 0. The van der Waals surface area contributed by atoms with Crippen LogP contribution in [0.1, 0.15) is 46.5 Å². The van der Waals surface area contributed by atoms with Crippen molar-refractivity contribution < 1.29 is 0 Å². The molecule has 0 amide bonds. The highest BCUT2D eigenvalue weighted by Crippen LogP contribution is 2.36. The Balaban J connectivity index is 2.29. The zero-order valence-corrected chi connectivity index (χ0v) is 9.42. The van der Waals surface area contributed by atoms with Crippen molar-refractivity contribution in [1.29, 1.82) is 0 Å². The first kappa shape index (κ1) is 11.0. The maximum atomic E-state index is 5.65. The molecule has 1 saturated carbocycles. The van der Waals surface area contributed by atoms with Crippen LogP contribution < -0.4 is 5.73 Å². The van der Waals surface area contributed by atoms with Crippen LogP contribution in [0.5, 0.6) is 0 Å². The standard InChI is InChI=1S/C12H25N/c1-9(8-13)6-12-5-4-10(2)11(3)7-12/h9-12H,4-8,13H2,1-3H3. The Morgan fingerprint density at radius 1 is 1.23 bits per heavy atom. The van der Waals surface area contributed by atoms with Crippen molar-refractivity contribution in [3.63, 3.8) is 0 Å². The van der Waals surface area contributed by atoms with Gasteiger partial charge in [0.1, 0.15) is 0 Å². The lowest BCUT2D eigenvalue weighted by atomic mass is 9.73. The SMILES string of the molecule is CC(CN)CC1CCC(C)C(C)C1. The molecule has 1 heteroatoms. The van der Waals surface area contributed by atoms with Gasteiger partial charge in [0.25, 0.3) is 0 Å². The van der Waals surface area contributed by atoms with E-state index in [2.05, 4.69) is 20.8 Å². The fourth-order valence-corrected chi connectivity index (χ4v) is 2.54. The van der Waals surface area contributed by atoms with E-state index in [4.69, 9.17) is 5.73 Å². The van der Waals surface area contributed by atoms with Crippen molar-refractivity contribution in [3.05, 3.63) is 0 Å². The molecule has 0 radical (unpaired) electrons. The van der Waals surface area contributed by atoms with Crippen molar-refractivity contribution >= 4 is 0 Å². The first-order chi connectivity index (χ1) is 6.13. The van der Waals surface area contributed by atoms with E-state index in [1.54, 1.807) is 0 Å². The van der Waals surface area contributed by atoms with Crippen molar-refractivity contribution in [3.8, 4) is 0 Å². The van der Waals surface area contributed by atoms with Crippen LogP contribution in [0, 0.1) is 23.7 Å². The Bertz CT molecular complexity index is 142. The van der Waals surface area contributed by atoms with Gasteiger partial charge in [-0.3, -0.25) is 0 Å². The van der Waals surface area contributed by atoms with Crippen LogP contribution in [-0.4, -0.2) is 6.54 Å². The third kappa shape index (κ3) is 3.30. The molecule has 0 heterocycles. The third-order valence-electron chi connectivity index (χ3n) is 3.84. The highest BCUT2D eigenvalue weighted by molar-refractivity contribution is 4.76. The van der Waals surface area contributed by atoms with E-state index in [-0.39, 0.29) is 0 Å². The Hall–Kier alpha value is -0.0400. The molecule has 13 heavy (non-hydrogen) atoms. The van der Waals surface area contributed by atoms with Gasteiger partial charge in [0, 0.05) is 0 Å². The average Bonchev–Trinajstić information content (AvgIpc) is 2.11. The molecule has 0 aliphatic heterocycles. The van der Waals surface area contributed by atoms with Gasteiger partial charge in [0.2, 0.25) is 0 Å². The van der Waals surface area contributed by atoms with Gasteiger partial charge in [-0.1, -0.05) is 33.6 Å². The minimum absolute atomic E-state index is 0.727. The Morgan fingerprint density at radius 3 is 2.46 bits per heavy atom.